The van der Waals surface area contributed by atoms with Crippen molar-refractivity contribution in [1.29, 1.82) is 0 Å². The average molecular weight is 268 g/mol. The van der Waals surface area contributed by atoms with Gasteiger partial charge in [0.2, 0.25) is 5.91 Å². The van der Waals surface area contributed by atoms with Crippen LogP contribution in [0.4, 0.5) is 0 Å². The van der Waals surface area contributed by atoms with E-state index in [1.54, 1.807) is 31.9 Å². The highest BCUT2D eigenvalue weighted by molar-refractivity contribution is 6.06. The van der Waals surface area contributed by atoms with Gasteiger partial charge in [-0.05, 0) is 13.3 Å². The van der Waals surface area contributed by atoms with Crippen molar-refractivity contribution in [2.75, 3.05) is 6.54 Å². The maximum Gasteiger partial charge on any atom is 0.233 e. The van der Waals surface area contributed by atoms with Crippen LogP contribution in [0.2, 0.25) is 0 Å². The molecule has 0 saturated heterocycles. The number of hydrogen-bond donors (Lipinski definition) is 3. The van der Waals surface area contributed by atoms with Crippen molar-refractivity contribution in [3.63, 3.8) is 0 Å². The Bertz CT molecular complexity index is 470. The fourth-order valence-corrected chi connectivity index (χ4v) is 1.55. The number of nitrogens with one attached hydrogen (secondary N) is 1. The zero-order valence-electron chi connectivity index (χ0n) is 11.4. The van der Waals surface area contributed by atoms with E-state index in [-0.39, 0.29) is 11.7 Å². The minimum absolute atomic E-state index is 0.0940. The van der Waals surface area contributed by atoms with Crippen molar-refractivity contribution in [3.05, 3.63) is 12.2 Å². The first kappa shape index (κ1) is 14.9. The fraction of sp³-hybridized carbons (Fsp3) is 0.636. The van der Waals surface area contributed by atoms with Crippen molar-refractivity contribution in [2.45, 2.75) is 26.7 Å². The van der Waals surface area contributed by atoms with Crippen LogP contribution in [-0.4, -0.2) is 38.3 Å². The summed E-state index contributed by atoms with van der Waals surface area (Å²) in [4.78, 5) is 16.1. The van der Waals surface area contributed by atoms with Gasteiger partial charge in [-0.3, -0.25) is 9.48 Å². The molecule has 0 bridgehead atoms. The Labute approximate surface area is 111 Å². The monoisotopic (exact) mass is 268 g/mol. The molecule has 106 valence electrons. The van der Waals surface area contributed by atoms with Crippen molar-refractivity contribution in [2.24, 2.45) is 23.4 Å². The van der Waals surface area contributed by atoms with E-state index >= 15 is 0 Å². The summed E-state index contributed by atoms with van der Waals surface area (Å²) in [5.74, 6) is 0.287. The van der Waals surface area contributed by atoms with Gasteiger partial charge in [-0.25, -0.2) is 4.98 Å². The summed E-state index contributed by atoms with van der Waals surface area (Å²) in [5, 5.41) is 18.5. The van der Waals surface area contributed by atoms with Gasteiger partial charge in [-0.15, -0.1) is 0 Å². The Hall–Kier alpha value is -2.12. The molecule has 1 unspecified atom stereocenters. The predicted molar refractivity (Wildman–Crippen MR) is 69.5 cm³/mol. The van der Waals surface area contributed by atoms with Crippen LogP contribution in [0.5, 0.6) is 0 Å². The van der Waals surface area contributed by atoms with Crippen LogP contribution in [0.1, 0.15) is 26.1 Å². The fourth-order valence-electron chi connectivity index (χ4n) is 1.55. The molecule has 0 aliphatic rings. The molecule has 8 heteroatoms. The van der Waals surface area contributed by atoms with E-state index in [0.29, 0.717) is 25.2 Å². The Morgan fingerprint density at radius 3 is 2.84 bits per heavy atom. The minimum atomic E-state index is -1.01. The van der Waals surface area contributed by atoms with Gasteiger partial charge in [-0.2, -0.15) is 5.10 Å². The van der Waals surface area contributed by atoms with E-state index in [1.807, 2.05) is 0 Å². The van der Waals surface area contributed by atoms with Crippen LogP contribution in [0, 0.1) is 5.41 Å². The second kappa shape index (κ2) is 6.17. The highest BCUT2D eigenvalue weighted by atomic mass is 16.4. The number of amides is 1. The largest absolute Gasteiger partial charge is 0.409 e. The third-order valence-corrected chi connectivity index (χ3v) is 3.16. The van der Waals surface area contributed by atoms with E-state index in [9.17, 15) is 4.79 Å². The molecule has 0 aromatic carbocycles. The van der Waals surface area contributed by atoms with Gasteiger partial charge in [0.25, 0.3) is 0 Å². The molecule has 0 fully saturated rings. The van der Waals surface area contributed by atoms with Gasteiger partial charge in [0.1, 0.15) is 11.7 Å². The number of aryl methyl sites for hydroxylation is 1. The molecule has 1 amide bonds. The van der Waals surface area contributed by atoms with Gasteiger partial charge in [0.05, 0.1) is 0 Å². The van der Waals surface area contributed by atoms with Crippen LogP contribution in [0.15, 0.2) is 11.5 Å². The number of nitrogens with zero attached hydrogens (tertiary/aromatic N) is 4. The normalized spacial score (nSPS) is 15.0. The second-order valence-electron chi connectivity index (χ2n) is 4.51. The van der Waals surface area contributed by atoms with Gasteiger partial charge in [0, 0.05) is 20.0 Å². The highest BCUT2D eigenvalue weighted by Gasteiger charge is 2.36. The topological polar surface area (TPSA) is 118 Å². The molecule has 19 heavy (non-hydrogen) atoms. The summed E-state index contributed by atoms with van der Waals surface area (Å²) in [6, 6.07) is 0. The Morgan fingerprint density at radius 1 is 1.68 bits per heavy atom. The van der Waals surface area contributed by atoms with Gasteiger partial charge in [0.15, 0.2) is 11.7 Å². The smallest absolute Gasteiger partial charge is 0.233 e. The summed E-state index contributed by atoms with van der Waals surface area (Å²) in [6.07, 6.45) is 2.57. The SMILES string of the molecule is CCC(C)(C(=O)NCCc1ncn(C)n1)C(N)=NO. The maximum atomic E-state index is 12.1. The molecule has 0 aliphatic heterocycles. The van der Waals surface area contributed by atoms with Crippen molar-refractivity contribution < 1.29 is 10.0 Å². The first-order chi connectivity index (χ1) is 8.93. The molecule has 1 heterocycles. The molecule has 1 aromatic rings. The third kappa shape index (κ3) is 3.43. The molecule has 0 spiro atoms. The number of oxime groups is 1. The predicted octanol–water partition coefficient (Wildman–Crippen LogP) is -0.363. The number of carbonyl (C=O) groups excluding carboxylic acids is 1. The molecule has 0 saturated carbocycles. The van der Waals surface area contributed by atoms with Crippen LogP contribution in [0.3, 0.4) is 0 Å². The van der Waals surface area contributed by atoms with Crippen molar-refractivity contribution >= 4 is 11.7 Å². The molecular weight excluding hydrogens is 248 g/mol. The number of amidine groups is 1. The van der Waals surface area contributed by atoms with E-state index in [2.05, 4.69) is 20.6 Å². The number of nitrogens with two attached hydrogens (primary N) is 1. The average Bonchev–Trinajstić information content (AvgIpc) is 2.82. The number of aromatic nitrogens is 3. The zero-order chi connectivity index (χ0) is 14.5. The number of carbonyl (C=O) groups is 1. The molecule has 8 nitrogen and oxygen atoms in total. The summed E-state index contributed by atoms with van der Waals surface area (Å²) in [7, 11) is 1.78. The van der Waals surface area contributed by atoms with E-state index in [1.165, 1.54) is 0 Å². The quantitative estimate of drug-likeness (QED) is 0.282. The molecular formula is C11H20N6O2. The lowest BCUT2D eigenvalue weighted by atomic mass is 9.85. The Balaban J connectivity index is 2.54. The maximum absolute atomic E-state index is 12.1. The molecule has 0 radical (unpaired) electrons. The van der Waals surface area contributed by atoms with Crippen LogP contribution in [-0.2, 0) is 18.3 Å². The Morgan fingerprint density at radius 2 is 2.37 bits per heavy atom. The Kier molecular flexibility index (Phi) is 4.85. The van der Waals surface area contributed by atoms with E-state index in [4.69, 9.17) is 10.9 Å². The molecule has 4 N–H and O–H groups in total. The second-order valence-corrected chi connectivity index (χ2v) is 4.51. The van der Waals surface area contributed by atoms with Crippen molar-refractivity contribution in [3.8, 4) is 0 Å². The van der Waals surface area contributed by atoms with E-state index in [0.717, 1.165) is 0 Å². The molecule has 1 aromatic heterocycles. The summed E-state index contributed by atoms with van der Waals surface area (Å²) in [6.45, 7) is 3.84. The lowest BCUT2D eigenvalue weighted by Gasteiger charge is -2.25. The van der Waals surface area contributed by atoms with Crippen molar-refractivity contribution in [1.82, 2.24) is 20.1 Å². The first-order valence-corrected chi connectivity index (χ1v) is 6.04. The first-order valence-electron chi connectivity index (χ1n) is 6.04. The van der Waals surface area contributed by atoms with E-state index < -0.39 is 5.41 Å². The zero-order valence-corrected chi connectivity index (χ0v) is 11.4. The van der Waals surface area contributed by atoms with Gasteiger partial charge >= 0.3 is 0 Å². The van der Waals surface area contributed by atoms with Crippen LogP contribution < -0.4 is 11.1 Å². The van der Waals surface area contributed by atoms with Crippen LogP contribution in [0.25, 0.3) is 0 Å². The summed E-state index contributed by atoms with van der Waals surface area (Å²) >= 11 is 0. The lowest BCUT2D eigenvalue weighted by Crippen LogP contribution is -2.48. The van der Waals surface area contributed by atoms with Gasteiger partial charge < -0.3 is 16.3 Å². The summed E-state index contributed by atoms with van der Waals surface area (Å²) in [5.41, 5.74) is 4.55. The standard InChI is InChI=1S/C11H20N6O2/c1-4-11(2,9(12)16-19)10(18)13-6-5-8-14-7-17(3)15-8/h7,19H,4-6H2,1-3H3,(H2,12,16)(H,13,18). The summed E-state index contributed by atoms with van der Waals surface area (Å²) < 4.78 is 1.60. The lowest BCUT2D eigenvalue weighted by molar-refractivity contribution is -0.127. The minimum Gasteiger partial charge on any atom is -0.409 e. The highest BCUT2D eigenvalue weighted by Crippen LogP contribution is 2.21. The third-order valence-electron chi connectivity index (χ3n) is 3.16. The number of rotatable bonds is 6. The molecule has 1 rings (SSSR count). The van der Waals surface area contributed by atoms with Crippen LogP contribution >= 0.6 is 0 Å². The van der Waals surface area contributed by atoms with Gasteiger partial charge in [-0.1, -0.05) is 12.1 Å². The number of hydrogen-bond acceptors (Lipinski definition) is 5. The molecule has 1 atom stereocenters. The molecule has 0 aliphatic carbocycles.